The van der Waals surface area contributed by atoms with Crippen LogP contribution >= 0.6 is 0 Å². The Balaban J connectivity index is 1.94. The molecule has 0 aromatic heterocycles. The highest BCUT2D eigenvalue weighted by Gasteiger charge is 2.08. The molecule has 0 fully saturated rings. The van der Waals surface area contributed by atoms with Crippen LogP contribution in [0.2, 0.25) is 0 Å². The van der Waals surface area contributed by atoms with Gasteiger partial charge in [-0.1, -0.05) is 6.07 Å². The zero-order valence-electron chi connectivity index (χ0n) is 11.3. The number of nitrogens with two attached hydrogens (primary N) is 1. The second kappa shape index (κ2) is 6.21. The second-order valence-electron chi connectivity index (χ2n) is 4.48. The van der Waals surface area contributed by atoms with E-state index in [2.05, 4.69) is 5.32 Å². The number of amides is 1. The third-order valence-electron chi connectivity index (χ3n) is 2.82. The Kier molecular flexibility index (Phi) is 4.37. The number of hydrogen-bond acceptors (Lipinski definition) is 3. The highest BCUT2D eigenvalue weighted by Crippen LogP contribution is 2.18. The average Bonchev–Trinajstić information content (AvgIpc) is 2.42. The number of benzene rings is 2. The van der Waals surface area contributed by atoms with Gasteiger partial charge in [0.25, 0.3) is 5.91 Å². The van der Waals surface area contributed by atoms with Gasteiger partial charge in [0.05, 0.1) is 0 Å². The van der Waals surface area contributed by atoms with Crippen molar-refractivity contribution >= 4 is 17.3 Å². The molecule has 6 heteroatoms. The fraction of sp³-hybridized carbons (Fsp3) is 0.133. The number of rotatable bonds is 4. The molecule has 0 spiro atoms. The van der Waals surface area contributed by atoms with Crippen LogP contribution in [0.1, 0.15) is 5.56 Å². The van der Waals surface area contributed by atoms with Crippen LogP contribution in [-0.4, -0.2) is 12.5 Å². The fourth-order valence-electron chi connectivity index (χ4n) is 1.65. The standard InChI is InChI=1S/C15H14F2N2O2/c1-9-2-4-11(7-13(9)18)19-15(20)8-21-14-5-3-10(16)6-12(14)17/h2-7H,8,18H2,1H3,(H,19,20). The predicted octanol–water partition coefficient (Wildman–Crippen LogP) is 2.87. The molecule has 21 heavy (non-hydrogen) atoms. The van der Waals surface area contributed by atoms with Crippen molar-refractivity contribution in [3.8, 4) is 5.75 Å². The highest BCUT2D eigenvalue weighted by molar-refractivity contribution is 5.92. The van der Waals surface area contributed by atoms with E-state index in [1.54, 1.807) is 18.2 Å². The topological polar surface area (TPSA) is 64.3 Å². The maximum atomic E-state index is 13.3. The Labute approximate surface area is 120 Å². The number of carbonyl (C=O) groups is 1. The number of carbonyl (C=O) groups excluding carboxylic acids is 1. The largest absolute Gasteiger partial charge is 0.481 e. The number of nitrogen functional groups attached to an aromatic ring is 1. The lowest BCUT2D eigenvalue weighted by atomic mass is 10.2. The molecule has 1 amide bonds. The van der Waals surface area contributed by atoms with Crippen LogP contribution in [0.15, 0.2) is 36.4 Å². The minimum absolute atomic E-state index is 0.185. The number of aryl methyl sites for hydroxylation is 1. The van der Waals surface area contributed by atoms with Crippen LogP contribution in [0.4, 0.5) is 20.2 Å². The van der Waals surface area contributed by atoms with E-state index in [9.17, 15) is 13.6 Å². The number of nitrogens with one attached hydrogen (secondary N) is 1. The van der Waals surface area contributed by atoms with Gasteiger partial charge in [0, 0.05) is 17.4 Å². The second-order valence-corrected chi connectivity index (χ2v) is 4.48. The molecule has 4 nitrogen and oxygen atoms in total. The first-order valence-corrected chi connectivity index (χ1v) is 6.19. The lowest BCUT2D eigenvalue weighted by molar-refractivity contribution is -0.118. The van der Waals surface area contributed by atoms with Crippen LogP contribution in [-0.2, 0) is 4.79 Å². The first kappa shape index (κ1) is 14.8. The van der Waals surface area contributed by atoms with Gasteiger partial charge in [-0.15, -0.1) is 0 Å². The number of ether oxygens (including phenoxy) is 1. The van der Waals surface area contributed by atoms with Crippen LogP contribution in [0, 0.1) is 18.6 Å². The molecule has 0 aliphatic heterocycles. The zero-order chi connectivity index (χ0) is 15.4. The molecule has 0 unspecified atom stereocenters. The van der Waals surface area contributed by atoms with E-state index in [-0.39, 0.29) is 5.75 Å². The summed E-state index contributed by atoms with van der Waals surface area (Å²) in [4.78, 5) is 11.7. The van der Waals surface area contributed by atoms with E-state index in [1.165, 1.54) is 0 Å². The Hall–Kier alpha value is -2.63. The van der Waals surface area contributed by atoms with Gasteiger partial charge < -0.3 is 15.8 Å². The van der Waals surface area contributed by atoms with Crippen LogP contribution < -0.4 is 15.8 Å². The van der Waals surface area contributed by atoms with Crippen molar-refractivity contribution in [2.75, 3.05) is 17.7 Å². The SMILES string of the molecule is Cc1ccc(NC(=O)COc2ccc(F)cc2F)cc1N. The summed E-state index contributed by atoms with van der Waals surface area (Å²) < 4.78 is 31.0. The van der Waals surface area contributed by atoms with Crippen molar-refractivity contribution in [3.05, 3.63) is 53.6 Å². The van der Waals surface area contributed by atoms with Crippen LogP contribution in [0.3, 0.4) is 0 Å². The highest BCUT2D eigenvalue weighted by atomic mass is 19.1. The van der Waals surface area contributed by atoms with E-state index in [0.29, 0.717) is 17.4 Å². The summed E-state index contributed by atoms with van der Waals surface area (Å²) in [6.07, 6.45) is 0. The minimum Gasteiger partial charge on any atom is -0.481 e. The first-order valence-electron chi connectivity index (χ1n) is 6.19. The average molecular weight is 292 g/mol. The molecule has 0 bridgehead atoms. The molecule has 0 heterocycles. The maximum Gasteiger partial charge on any atom is 0.262 e. The predicted molar refractivity (Wildman–Crippen MR) is 76.1 cm³/mol. The molecule has 0 saturated heterocycles. The molecule has 2 aromatic rings. The Bertz CT molecular complexity index is 675. The summed E-state index contributed by atoms with van der Waals surface area (Å²) in [6.45, 7) is 1.46. The van der Waals surface area contributed by atoms with Gasteiger partial charge in [0.1, 0.15) is 5.82 Å². The molecule has 0 radical (unpaired) electrons. The summed E-state index contributed by atoms with van der Waals surface area (Å²) in [5.74, 6) is -2.22. The molecular weight excluding hydrogens is 278 g/mol. The third-order valence-corrected chi connectivity index (χ3v) is 2.82. The van der Waals surface area contributed by atoms with Gasteiger partial charge in [-0.25, -0.2) is 8.78 Å². The van der Waals surface area contributed by atoms with Crippen LogP contribution in [0.5, 0.6) is 5.75 Å². The van der Waals surface area contributed by atoms with Gasteiger partial charge in [-0.2, -0.15) is 0 Å². The monoisotopic (exact) mass is 292 g/mol. The molecule has 0 saturated carbocycles. The quantitative estimate of drug-likeness (QED) is 0.852. The van der Waals surface area contributed by atoms with E-state index < -0.39 is 24.1 Å². The lowest BCUT2D eigenvalue weighted by Crippen LogP contribution is -2.20. The zero-order valence-corrected chi connectivity index (χ0v) is 11.3. The third kappa shape index (κ3) is 3.92. The van der Waals surface area contributed by atoms with Crippen molar-refractivity contribution in [3.63, 3.8) is 0 Å². The van der Waals surface area contributed by atoms with Crippen molar-refractivity contribution in [2.45, 2.75) is 6.92 Å². The number of hydrogen-bond donors (Lipinski definition) is 2. The Morgan fingerprint density at radius 1 is 1.24 bits per heavy atom. The van der Waals surface area contributed by atoms with Gasteiger partial charge in [0.2, 0.25) is 0 Å². The summed E-state index contributed by atoms with van der Waals surface area (Å²) in [5.41, 5.74) is 7.70. The summed E-state index contributed by atoms with van der Waals surface area (Å²) in [7, 11) is 0. The summed E-state index contributed by atoms with van der Waals surface area (Å²) >= 11 is 0. The van der Waals surface area contributed by atoms with Gasteiger partial charge in [0.15, 0.2) is 18.2 Å². The molecule has 0 atom stereocenters. The van der Waals surface area contributed by atoms with Crippen molar-refractivity contribution in [1.82, 2.24) is 0 Å². The Morgan fingerprint density at radius 3 is 2.67 bits per heavy atom. The Morgan fingerprint density at radius 2 is 2.00 bits per heavy atom. The summed E-state index contributed by atoms with van der Waals surface area (Å²) in [6, 6.07) is 7.95. The normalized spacial score (nSPS) is 10.2. The van der Waals surface area contributed by atoms with E-state index in [4.69, 9.17) is 10.5 Å². The summed E-state index contributed by atoms with van der Waals surface area (Å²) in [5, 5.41) is 2.57. The molecule has 0 aliphatic rings. The number of anilines is 2. The van der Waals surface area contributed by atoms with Gasteiger partial charge in [-0.3, -0.25) is 4.79 Å². The van der Waals surface area contributed by atoms with Crippen molar-refractivity contribution in [1.29, 1.82) is 0 Å². The smallest absolute Gasteiger partial charge is 0.262 e. The number of halogens is 2. The van der Waals surface area contributed by atoms with Crippen molar-refractivity contribution < 1.29 is 18.3 Å². The minimum atomic E-state index is -0.859. The molecule has 3 N–H and O–H groups in total. The van der Waals surface area contributed by atoms with E-state index in [1.807, 2.05) is 6.92 Å². The molecule has 0 aliphatic carbocycles. The van der Waals surface area contributed by atoms with Gasteiger partial charge in [-0.05, 0) is 36.8 Å². The van der Waals surface area contributed by atoms with E-state index >= 15 is 0 Å². The van der Waals surface area contributed by atoms with Gasteiger partial charge >= 0.3 is 0 Å². The molecule has 2 aromatic carbocycles. The van der Waals surface area contributed by atoms with Crippen molar-refractivity contribution in [2.24, 2.45) is 0 Å². The fourth-order valence-corrected chi connectivity index (χ4v) is 1.65. The maximum absolute atomic E-state index is 13.3. The molecular formula is C15H14F2N2O2. The molecule has 110 valence electrons. The molecule has 2 rings (SSSR count). The first-order chi connectivity index (χ1) is 9.95. The van der Waals surface area contributed by atoms with E-state index in [0.717, 1.165) is 17.7 Å². The lowest BCUT2D eigenvalue weighted by Gasteiger charge is -2.09. The van der Waals surface area contributed by atoms with Crippen LogP contribution in [0.25, 0.3) is 0 Å².